The molecule has 4 heterocycles. The van der Waals surface area contributed by atoms with E-state index >= 15 is 0 Å². The Labute approximate surface area is 327 Å². The first-order valence-electron chi connectivity index (χ1n) is 18.9. The highest BCUT2D eigenvalue weighted by molar-refractivity contribution is 6.23. The van der Waals surface area contributed by atoms with Gasteiger partial charge in [0.15, 0.2) is 5.75 Å². The molecular formula is C41H56N4O11. The number of benzene rings is 2. The molecular weight excluding hydrogens is 724 g/mol. The van der Waals surface area contributed by atoms with Gasteiger partial charge in [0.2, 0.25) is 0 Å². The average molecular weight is 781 g/mol. The number of allylic oxidation sites excluding steroid dienone is 2. The Kier molecular flexibility index (Phi) is 12.8. The lowest BCUT2D eigenvalue weighted by Gasteiger charge is -2.36. The predicted octanol–water partition coefficient (Wildman–Crippen LogP) is 3.76. The summed E-state index contributed by atoms with van der Waals surface area (Å²) in [6.45, 7) is 13.8. The Hall–Kier alpha value is -4.67. The number of methoxy groups -OCH3 is 1. The fourth-order valence-electron chi connectivity index (χ4n) is 7.53. The van der Waals surface area contributed by atoms with E-state index in [1.165, 1.54) is 52.5 Å². The van der Waals surface area contributed by atoms with Crippen LogP contribution in [0.1, 0.15) is 63.0 Å². The normalized spacial score (nSPS) is 33.3. The predicted molar refractivity (Wildman–Crippen MR) is 211 cm³/mol. The van der Waals surface area contributed by atoms with Gasteiger partial charge in [-0.2, -0.15) is 5.10 Å². The number of nitrogens with one attached hydrogen (secondary N) is 1. The number of fused-ring (bicyclic) bond motifs is 14. The molecule has 7 N–H and O–H groups in total. The van der Waals surface area contributed by atoms with Crippen molar-refractivity contribution in [2.45, 2.75) is 78.7 Å². The summed E-state index contributed by atoms with van der Waals surface area (Å²) in [6, 6.07) is 0. The zero-order valence-corrected chi connectivity index (χ0v) is 33.5. The highest BCUT2D eigenvalue weighted by Crippen LogP contribution is 2.55. The Balaban J connectivity index is 1.70. The summed E-state index contributed by atoms with van der Waals surface area (Å²) in [7, 11) is 3.43. The summed E-state index contributed by atoms with van der Waals surface area (Å²) in [4.78, 5) is 30.1. The van der Waals surface area contributed by atoms with E-state index in [1.54, 1.807) is 44.9 Å². The van der Waals surface area contributed by atoms with Crippen LogP contribution < -0.4 is 10.1 Å². The molecule has 15 heteroatoms. The van der Waals surface area contributed by atoms with E-state index < -0.39 is 82.8 Å². The third-order valence-electron chi connectivity index (χ3n) is 11.6. The van der Waals surface area contributed by atoms with E-state index in [4.69, 9.17) is 14.2 Å². The Morgan fingerprint density at radius 1 is 0.893 bits per heavy atom. The van der Waals surface area contributed by atoms with Gasteiger partial charge in [-0.3, -0.25) is 14.6 Å². The van der Waals surface area contributed by atoms with Gasteiger partial charge >= 0.3 is 5.79 Å². The average Bonchev–Trinajstić information content (AvgIpc) is 3.44. The summed E-state index contributed by atoms with van der Waals surface area (Å²) in [5.74, 6) is -7.59. The van der Waals surface area contributed by atoms with Crippen molar-refractivity contribution in [1.29, 1.82) is 0 Å². The minimum Gasteiger partial charge on any atom is -0.507 e. The Morgan fingerprint density at radius 3 is 2.16 bits per heavy atom. The van der Waals surface area contributed by atoms with Crippen molar-refractivity contribution in [1.82, 2.24) is 9.91 Å². The van der Waals surface area contributed by atoms with Crippen molar-refractivity contribution in [2.24, 2.45) is 28.8 Å². The Morgan fingerprint density at radius 2 is 1.52 bits per heavy atom. The monoisotopic (exact) mass is 780 g/mol. The smallest absolute Gasteiger partial charge is 0.312 e. The lowest BCUT2D eigenvalue weighted by atomic mass is 9.78. The SMILES string of the molecule is CO[C@H]1/C=C/O[C@@]2(C)Oc3c(C)c(O)c4c(O)c(c(/C=N\N5CCN(C)CC5)c(O)c4c3C2=O)NC(=O)/C(C)=C/C=C/[C@H](C)[C@H](O)[C@@H](C)[C@@H](O)[C@@H](C)[C@H](O)[C@H]1C. The molecule has 0 radical (unpaired) electrons. The first kappa shape index (κ1) is 42.5. The van der Waals surface area contributed by atoms with Gasteiger partial charge < -0.3 is 55.1 Å². The number of hydrazone groups is 1. The number of phenolic OH excluding ortho intramolecular Hbond substituents is 3. The molecule has 1 fully saturated rings. The number of aliphatic hydroxyl groups excluding tert-OH is 3. The maximum Gasteiger partial charge on any atom is 0.312 e. The van der Waals surface area contributed by atoms with Crippen molar-refractivity contribution >= 4 is 34.4 Å². The third kappa shape index (κ3) is 7.96. The van der Waals surface area contributed by atoms with Crippen LogP contribution in [0, 0.1) is 30.6 Å². The topological polar surface area (TPSA) is 214 Å². The standard InChI is InChI=1S/C41H56N4O11/c1-20-11-10-12-21(2)40(53)43-31-26(19-42-45-16-14-44(8)15-17-45)36(50)28-29(37(31)51)35(49)25(6)38-30(28)39(52)41(7,56-38)55-18-13-27(54-9)22(3)33(47)24(5)34(48)23(4)32(20)46/h10-13,18-20,22-24,27,32-34,46-51H,14-17H2,1-9H3,(H,43,53)/b11-10+,18-13+,21-12+,42-19-/t20-,22-,23+,24-,27-,32-,33+,34+,41-/m0/s1. The molecule has 0 saturated carbocycles. The number of ether oxygens (including phenoxy) is 3. The third-order valence-corrected chi connectivity index (χ3v) is 11.6. The molecule has 4 aliphatic heterocycles. The molecule has 9 atom stereocenters. The fraction of sp³-hybridized carbons (Fsp3) is 0.537. The number of ketones is 1. The number of amides is 1. The largest absolute Gasteiger partial charge is 0.507 e. The van der Waals surface area contributed by atoms with Gasteiger partial charge in [-0.05, 0) is 27.0 Å². The lowest BCUT2D eigenvalue weighted by Crippen LogP contribution is -2.44. The number of Topliss-reactive ketones (excluding diaryl/α,β-unsaturated/α-hetero) is 1. The van der Waals surface area contributed by atoms with Gasteiger partial charge in [0.05, 0.1) is 59.1 Å². The quantitative estimate of drug-likeness (QED) is 0.134. The minimum atomic E-state index is -2.01. The number of hydrogen-bond donors (Lipinski definition) is 7. The van der Waals surface area contributed by atoms with E-state index in [2.05, 4.69) is 15.3 Å². The van der Waals surface area contributed by atoms with E-state index in [0.29, 0.717) is 13.1 Å². The molecule has 306 valence electrons. The van der Waals surface area contributed by atoms with Crippen LogP contribution in [0.3, 0.4) is 0 Å². The van der Waals surface area contributed by atoms with Gasteiger partial charge in [0.25, 0.3) is 11.7 Å². The van der Waals surface area contributed by atoms with E-state index in [0.717, 1.165) is 13.1 Å². The number of nitrogens with zero attached hydrogens (tertiary/aromatic N) is 3. The number of aromatic hydroxyl groups is 3. The van der Waals surface area contributed by atoms with E-state index in [-0.39, 0.29) is 44.5 Å². The van der Waals surface area contributed by atoms with Crippen molar-refractivity contribution in [3.8, 4) is 23.0 Å². The van der Waals surface area contributed by atoms with E-state index in [9.17, 15) is 40.2 Å². The first-order chi connectivity index (χ1) is 26.3. The zero-order chi connectivity index (χ0) is 41.4. The molecule has 0 spiro atoms. The van der Waals surface area contributed by atoms with Crippen molar-refractivity contribution in [3.63, 3.8) is 0 Å². The van der Waals surface area contributed by atoms with Crippen LogP contribution in [0.25, 0.3) is 10.8 Å². The molecule has 56 heavy (non-hydrogen) atoms. The number of carbonyl (C=O) groups excluding carboxylic acids is 2. The molecule has 15 nitrogen and oxygen atoms in total. The second-order valence-corrected chi connectivity index (χ2v) is 15.5. The summed E-state index contributed by atoms with van der Waals surface area (Å²) >= 11 is 0. The molecule has 4 aliphatic rings. The molecule has 1 amide bonds. The zero-order valence-electron chi connectivity index (χ0n) is 33.5. The fourth-order valence-corrected chi connectivity index (χ4v) is 7.53. The number of phenols is 3. The van der Waals surface area contributed by atoms with Gasteiger partial charge in [-0.25, -0.2) is 0 Å². The molecule has 0 unspecified atom stereocenters. The number of piperazine rings is 1. The van der Waals surface area contributed by atoms with Crippen LogP contribution in [0.4, 0.5) is 5.69 Å². The maximum atomic E-state index is 14.3. The highest BCUT2D eigenvalue weighted by atomic mass is 16.7. The number of likely N-dealkylation sites (N-methyl/N-ethyl adjacent to an activating group) is 1. The van der Waals surface area contributed by atoms with Gasteiger partial charge in [-0.1, -0.05) is 45.9 Å². The van der Waals surface area contributed by atoms with Crippen molar-refractivity contribution in [2.75, 3.05) is 45.7 Å². The van der Waals surface area contributed by atoms with Crippen molar-refractivity contribution in [3.05, 3.63) is 52.8 Å². The molecule has 2 aromatic rings. The molecule has 5 bridgehead atoms. The van der Waals surface area contributed by atoms with Crippen LogP contribution in [-0.2, 0) is 14.3 Å². The molecule has 0 aliphatic carbocycles. The van der Waals surface area contributed by atoms with Crippen molar-refractivity contribution < 1.29 is 54.4 Å². The number of carbonyl (C=O) groups is 2. The van der Waals surface area contributed by atoms with Gasteiger partial charge in [0, 0.05) is 80.4 Å². The Bertz CT molecular complexity index is 1950. The first-order valence-corrected chi connectivity index (χ1v) is 18.9. The van der Waals surface area contributed by atoms with Crippen LogP contribution in [0.2, 0.25) is 0 Å². The molecule has 6 rings (SSSR count). The van der Waals surface area contributed by atoms with Crippen LogP contribution >= 0.6 is 0 Å². The summed E-state index contributed by atoms with van der Waals surface area (Å²) in [6.07, 6.45) is 4.79. The minimum absolute atomic E-state index is 0.0688. The van der Waals surface area contributed by atoms with Crippen LogP contribution in [0.15, 0.2) is 41.2 Å². The lowest BCUT2D eigenvalue weighted by molar-refractivity contribution is -0.112. The number of hydrogen-bond acceptors (Lipinski definition) is 14. The van der Waals surface area contributed by atoms with Gasteiger partial charge in [-0.15, -0.1) is 0 Å². The summed E-state index contributed by atoms with van der Waals surface area (Å²) in [5.41, 5.74) is -0.290. The van der Waals surface area contributed by atoms with Crippen LogP contribution in [-0.4, -0.2) is 129 Å². The van der Waals surface area contributed by atoms with Gasteiger partial charge in [0.1, 0.15) is 17.2 Å². The molecule has 2 aromatic carbocycles. The number of aliphatic hydroxyl groups is 3. The number of rotatable bonds is 3. The van der Waals surface area contributed by atoms with Crippen LogP contribution in [0.5, 0.6) is 23.0 Å². The second-order valence-electron chi connectivity index (χ2n) is 15.5. The summed E-state index contributed by atoms with van der Waals surface area (Å²) in [5, 5.41) is 77.6. The maximum absolute atomic E-state index is 14.3. The highest BCUT2D eigenvalue weighted by Gasteiger charge is 2.50. The second kappa shape index (κ2) is 16.8. The van der Waals surface area contributed by atoms with E-state index in [1.807, 2.05) is 7.05 Å². The number of anilines is 1. The molecule has 1 saturated heterocycles. The molecule has 0 aromatic heterocycles. The summed E-state index contributed by atoms with van der Waals surface area (Å²) < 4.78 is 17.7.